The highest BCUT2D eigenvalue weighted by atomic mass is 32.2. The standard InChI is InChI=1S/C22H30N2O2S/c1-17-5-4-6-18(13-17)19-11-12-24(14-19)15-21(25)16-26-22-9-7-20(8-10-22)23(2)27-3/h4-10,13,19,21,25H,11-12,14-16H2,1-3H3. The summed E-state index contributed by atoms with van der Waals surface area (Å²) in [7, 11) is 2.03. The lowest BCUT2D eigenvalue weighted by Crippen LogP contribution is -2.34. The van der Waals surface area contributed by atoms with Crippen molar-refractivity contribution in [2.45, 2.75) is 25.4 Å². The van der Waals surface area contributed by atoms with E-state index in [4.69, 9.17) is 4.74 Å². The highest BCUT2D eigenvalue weighted by molar-refractivity contribution is 7.99. The SMILES string of the molecule is CSN(C)c1ccc(OCC(O)CN2CCC(c3cccc(C)c3)C2)cc1. The fourth-order valence-electron chi connectivity index (χ4n) is 3.60. The van der Waals surface area contributed by atoms with Gasteiger partial charge >= 0.3 is 0 Å². The third kappa shape index (κ3) is 5.64. The molecule has 0 saturated carbocycles. The Labute approximate surface area is 167 Å². The highest BCUT2D eigenvalue weighted by Gasteiger charge is 2.25. The Kier molecular flexibility index (Phi) is 7.05. The maximum atomic E-state index is 10.4. The number of benzene rings is 2. The van der Waals surface area contributed by atoms with Crippen LogP contribution >= 0.6 is 11.9 Å². The van der Waals surface area contributed by atoms with Gasteiger partial charge in [-0.05, 0) is 55.6 Å². The average molecular weight is 387 g/mol. The molecule has 0 aliphatic carbocycles. The predicted molar refractivity (Wildman–Crippen MR) is 115 cm³/mol. The first-order chi connectivity index (χ1) is 13.0. The smallest absolute Gasteiger partial charge is 0.119 e. The van der Waals surface area contributed by atoms with E-state index < -0.39 is 6.10 Å². The molecule has 1 N–H and O–H groups in total. The number of aliphatic hydroxyl groups is 1. The second-order valence-corrected chi connectivity index (χ2v) is 8.21. The van der Waals surface area contributed by atoms with Crippen LogP contribution in [0.4, 0.5) is 5.69 Å². The second-order valence-electron chi connectivity index (χ2n) is 7.30. The second kappa shape index (κ2) is 9.49. The molecule has 27 heavy (non-hydrogen) atoms. The van der Waals surface area contributed by atoms with Gasteiger partial charge < -0.3 is 19.0 Å². The van der Waals surface area contributed by atoms with Crippen LogP contribution in [0.25, 0.3) is 0 Å². The first-order valence-electron chi connectivity index (χ1n) is 9.53. The van der Waals surface area contributed by atoms with Crippen molar-refractivity contribution in [3.8, 4) is 5.75 Å². The molecule has 4 nitrogen and oxygen atoms in total. The number of β-amino-alcohol motifs (C(OH)–C–C–N with tert-alkyl or cyclic N) is 1. The van der Waals surface area contributed by atoms with Gasteiger partial charge in [0, 0.05) is 32.1 Å². The van der Waals surface area contributed by atoms with Gasteiger partial charge in [0.2, 0.25) is 0 Å². The number of nitrogens with zero attached hydrogens (tertiary/aromatic N) is 2. The lowest BCUT2D eigenvalue weighted by atomic mass is 9.97. The van der Waals surface area contributed by atoms with Gasteiger partial charge in [0.15, 0.2) is 0 Å². The van der Waals surface area contributed by atoms with Gasteiger partial charge in [-0.3, -0.25) is 0 Å². The van der Waals surface area contributed by atoms with Crippen LogP contribution in [0, 0.1) is 6.92 Å². The zero-order valence-corrected chi connectivity index (χ0v) is 17.3. The van der Waals surface area contributed by atoms with Gasteiger partial charge in [-0.15, -0.1) is 0 Å². The Bertz CT molecular complexity index is 723. The molecule has 0 aromatic heterocycles. The van der Waals surface area contributed by atoms with E-state index in [2.05, 4.69) is 40.4 Å². The van der Waals surface area contributed by atoms with E-state index in [-0.39, 0.29) is 0 Å². The van der Waals surface area contributed by atoms with E-state index in [1.165, 1.54) is 11.1 Å². The summed E-state index contributed by atoms with van der Waals surface area (Å²) in [5.41, 5.74) is 3.86. The van der Waals surface area contributed by atoms with Gasteiger partial charge in [-0.2, -0.15) is 0 Å². The third-order valence-corrected chi connectivity index (χ3v) is 5.93. The highest BCUT2D eigenvalue weighted by Crippen LogP contribution is 2.28. The predicted octanol–water partition coefficient (Wildman–Crippen LogP) is 3.94. The van der Waals surface area contributed by atoms with E-state index in [0.29, 0.717) is 19.1 Å². The van der Waals surface area contributed by atoms with Gasteiger partial charge in [0.05, 0.1) is 0 Å². The molecule has 5 heteroatoms. The van der Waals surface area contributed by atoms with Gasteiger partial charge in [0.1, 0.15) is 18.5 Å². The molecule has 146 valence electrons. The zero-order chi connectivity index (χ0) is 19.2. The number of aryl methyl sites for hydroxylation is 1. The van der Waals surface area contributed by atoms with Crippen LogP contribution in [0.5, 0.6) is 5.75 Å². The molecule has 0 bridgehead atoms. The fraction of sp³-hybridized carbons (Fsp3) is 0.455. The summed E-state index contributed by atoms with van der Waals surface area (Å²) in [6.45, 7) is 5.17. The van der Waals surface area contributed by atoms with E-state index in [1.54, 1.807) is 11.9 Å². The largest absolute Gasteiger partial charge is 0.491 e. The van der Waals surface area contributed by atoms with E-state index >= 15 is 0 Å². The molecule has 2 unspecified atom stereocenters. The molecular formula is C22H30N2O2S. The summed E-state index contributed by atoms with van der Waals surface area (Å²) in [4.78, 5) is 2.34. The van der Waals surface area contributed by atoms with Crippen LogP contribution in [-0.4, -0.2) is 55.7 Å². The Morgan fingerprint density at radius 2 is 2.04 bits per heavy atom. The summed E-state index contributed by atoms with van der Waals surface area (Å²) in [5.74, 6) is 1.37. The monoisotopic (exact) mass is 386 g/mol. The Morgan fingerprint density at radius 3 is 2.74 bits per heavy atom. The normalized spacial score (nSPS) is 18.4. The molecule has 3 rings (SSSR count). The van der Waals surface area contributed by atoms with Crippen LogP contribution in [0.2, 0.25) is 0 Å². The van der Waals surface area contributed by atoms with Crippen LogP contribution in [-0.2, 0) is 0 Å². The molecule has 0 amide bonds. The molecule has 2 aromatic carbocycles. The minimum absolute atomic E-state index is 0.323. The topological polar surface area (TPSA) is 35.9 Å². The van der Waals surface area contributed by atoms with Crippen molar-refractivity contribution in [2.75, 3.05) is 43.8 Å². The van der Waals surface area contributed by atoms with Gasteiger partial charge in [-0.1, -0.05) is 41.8 Å². The maximum absolute atomic E-state index is 10.4. The molecule has 1 saturated heterocycles. The molecule has 2 atom stereocenters. The van der Waals surface area contributed by atoms with Crippen molar-refractivity contribution in [3.63, 3.8) is 0 Å². The number of anilines is 1. The molecule has 1 aliphatic rings. The van der Waals surface area contributed by atoms with Crippen molar-refractivity contribution in [1.82, 2.24) is 4.90 Å². The van der Waals surface area contributed by atoms with E-state index in [1.807, 2.05) is 37.6 Å². The summed E-state index contributed by atoms with van der Waals surface area (Å²) >= 11 is 1.67. The van der Waals surface area contributed by atoms with Crippen molar-refractivity contribution < 1.29 is 9.84 Å². The van der Waals surface area contributed by atoms with Crippen molar-refractivity contribution in [3.05, 3.63) is 59.7 Å². The summed E-state index contributed by atoms with van der Waals surface area (Å²) < 4.78 is 7.87. The Morgan fingerprint density at radius 1 is 1.26 bits per heavy atom. The molecule has 0 radical (unpaired) electrons. The summed E-state index contributed by atoms with van der Waals surface area (Å²) in [6, 6.07) is 16.8. The molecule has 1 aliphatic heterocycles. The fourth-order valence-corrected chi connectivity index (χ4v) is 3.93. The number of hydrogen-bond donors (Lipinski definition) is 1. The van der Waals surface area contributed by atoms with Crippen molar-refractivity contribution in [1.29, 1.82) is 0 Å². The van der Waals surface area contributed by atoms with Crippen molar-refractivity contribution in [2.24, 2.45) is 0 Å². The molecule has 1 fully saturated rings. The summed E-state index contributed by atoms with van der Waals surface area (Å²) in [5, 5.41) is 10.4. The first-order valence-corrected chi connectivity index (χ1v) is 10.7. The number of ether oxygens (including phenoxy) is 1. The zero-order valence-electron chi connectivity index (χ0n) is 16.5. The Hall–Kier alpha value is -1.69. The number of likely N-dealkylation sites (tertiary alicyclic amines) is 1. The Balaban J connectivity index is 1.44. The number of hydrogen-bond acceptors (Lipinski definition) is 5. The third-order valence-electron chi connectivity index (χ3n) is 5.17. The molecule has 0 spiro atoms. The first kappa shape index (κ1) is 20.1. The molecule has 2 aromatic rings. The van der Waals surface area contributed by atoms with Crippen LogP contribution < -0.4 is 9.04 Å². The van der Waals surface area contributed by atoms with Crippen molar-refractivity contribution >= 4 is 17.6 Å². The number of aliphatic hydroxyl groups excluding tert-OH is 1. The minimum atomic E-state index is -0.477. The van der Waals surface area contributed by atoms with Gasteiger partial charge in [0.25, 0.3) is 0 Å². The minimum Gasteiger partial charge on any atom is -0.491 e. The molecular weight excluding hydrogens is 356 g/mol. The van der Waals surface area contributed by atoms with E-state index in [9.17, 15) is 5.11 Å². The quantitative estimate of drug-likeness (QED) is 0.696. The van der Waals surface area contributed by atoms with Gasteiger partial charge in [-0.25, -0.2) is 0 Å². The summed E-state index contributed by atoms with van der Waals surface area (Å²) in [6.07, 6.45) is 2.72. The van der Waals surface area contributed by atoms with Crippen LogP contribution in [0.1, 0.15) is 23.5 Å². The number of rotatable bonds is 8. The lowest BCUT2D eigenvalue weighted by Gasteiger charge is -2.21. The lowest BCUT2D eigenvalue weighted by molar-refractivity contribution is 0.0754. The van der Waals surface area contributed by atoms with E-state index in [0.717, 1.165) is 30.9 Å². The average Bonchev–Trinajstić information content (AvgIpc) is 3.14. The maximum Gasteiger partial charge on any atom is 0.119 e. The van der Waals surface area contributed by atoms with Crippen LogP contribution in [0.15, 0.2) is 48.5 Å². The molecule has 1 heterocycles. The van der Waals surface area contributed by atoms with Crippen LogP contribution in [0.3, 0.4) is 0 Å².